The van der Waals surface area contributed by atoms with Gasteiger partial charge in [0.2, 0.25) is 5.91 Å². The summed E-state index contributed by atoms with van der Waals surface area (Å²) in [5.41, 5.74) is 0.241. The second-order valence-electron chi connectivity index (χ2n) is 4.65. The zero-order chi connectivity index (χ0) is 15.8. The van der Waals surface area contributed by atoms with Crippen LogP contribution in [0.1, 0.15) is 25.8 Å². The van der Waals surface area contributed by atoms with Gasteiger partial charge in [-0.2, -0.15) is 5.26 Å². The molecule has 0 saturated carbocycles. The van der Waals surface area contributed by atoms with Crippen LogP contribution in [-0.2, 0) is 4.79 Å². The average molecular weight is 292 g/mol. The van der Waals surface area contributed by atoms with Gasteiger partial charge in [-0.3, -0.25) is 4.79 Å². The third kappa shape index (κ3) is 5.91. The fourth-order valence-electron chi connectivity index (χ4n) is 1.57. The first-order valence-electron chi connectivity index (χ1n) is 6.46. The maximum absolute atomic E-state index is 12.9. The number of amides is 3. The van der Waals surface area contributed by atoms with Crippen molar-refractivity contribution >= 4 is 17.6 Å². The van der Waals surface area contributed by atoms with Gasteiger partial charge in [0, 0.05) is 19.0 Å². The summed E-state index contributed by atoms with van der Waals surface area (Å²) in [5, 5.41) is 16.5. The van der Waals surface area contributed by atoms with Crippen LogP contribution in [0.15, 0.2) is 18.2 Å². The molecule has 1 aromatic rings. The van der Waals surface area contributed by atoms with Crippen LogP contribution in [-0.4, -0.2) is 24.5 Å². The Morgan fingerprint density at radius 2 is 2.10 bits per heavy atom. The summed E-state index contributed by atoms with van der Waals surface area (Å²) >= 11 is 0. The molecule has 0 aliphatic rings. The van der Waals surface area contributed by atoms with Crippen LogP contribution in [0.5, 0.6) is 0 Å². The first-order chi connectivity index (χ1) is 9.92. The lowest BCUT2D eigenvalue weighted by Gasteiger charge is -2.10. The standard InChI is InChI=1S/C14H17FN4O2/c1-9(2)18-13(20)5-6-17-14(21)19-12-4-3-11(15)7-10(12)8-16/h3-4,7,9H,5-6H2,1-2H3,(H,18,20)(H2,17,19,21). The lowest BCUT2D eigenvalue weighted by atomic mass is 10.2. The number of benzene rings is 1. The van der Waals surface area contributed by atoms with Crippen LogP contribution in [0.3, 0.4) is 0 Å². The predicted octanol–water partition coefficient (Wildman–Crippen LogP) is 1.73. The molecule has 0 bridgehead atoms. The predicted molar refractivity (Wildman–Crippen MR) is 76.0 cm³/mol. The Morgan fingerprint density at radius 1 is 1.38 bits per heavy atom. The molecule has 0 radical (unpaired) electrons. The van der Waals surface area contributed by atoms with Crippen molar-refractivity contribution in [3.05, 3.63) is 29.6 Å². The van der Waals surface area contributed by atoms with Crippen molar-refractivity contribution < 1.29 is 14.0 Å². The maximum Gasteiger partial charge on any atom is 0.319 e. The van der Waals surface area contributed by atoms with E-state index in [4.69, 9.17) is 5.26 Å². The topological polar surface area (TPSA) is 94.0 Å². The number of nitrogens with zero attached hydrogens (tertiary/aromatic N) is 1. The molecular weight excluding hydrogens is 275 g/mol. The molecular formula is C14H17FN4O2. The molecule has 1 rings (SSSR count). The summed E-state index contributed by atoms with van der Waals surface area (Å²) in [6.45, 7) is 3.85. The fourth-order valence-corrected chi connectivity index (χ4v) is 1.57. The van der Waals surface area contributed by atoms with Gasteiger partial charge in [0.25, 0.3) is 0 Å². The van der Waals surface area contributed by atoms with Crippen molar-refractivity contribution in [2.24, 2.45) is 0 Å². The Balaban J connectivity index is 2.45. The number of hydrogen-bond acceptors (Lipinski definition) is 3. The van der Waals surface area contributed by atoms with E-state index in [9.17, 15) is 14.0 Å². The van der Waals surface area contributed by atoms with Gasteiger partial charge in [-0.05, 0) is 32.0 Å². The van der Waals surface area contributed by atoms with Crippen LogP contribution >= 0.6 is 0 Å². The number of nitrogens with one attached hydrogen (secondary N) is 3. The highest BCUT2D eigenvalue weighted by molar-refractivity contribution is 5.91. The fraction of sp³-hybridized carbons (Fsp3) is 0.357. The van der Waals surface area contributed by atoms with Crippen LogP contribution in [0, 0.1) is 17.1 Å². The van der Waals surface area contributed by atoms with E-state index in [1.807, 2.05) is 13.8 Å². The molecule has 7 heteroatoms. The van der Waals surface area contributed by atoms with Crippen LogP contribution in [0.25, 0.3) is 0 Å². The quantitative estimate of drug-likeness (QED) is 0.771. The smallest absolute Gasteiger partial charge is 0.319 e. The van der Waals surface area contributed by atoms with Gasteiger partial charge in [0.05, 0.1) is 11.3 Å². The molecule has 0 spiro atoms. The van der Waals surface area contributed by atoms with E-state index in [1.54, 1.807) is 6.07 Å². The maximum atomic E-state index is 12.9. The molecule has 0 aliphatic heterocycles. The Labute approximate surface area is 122 Å². The van der Waals surface area contributed by atoms with Gasteiger partial charge in [0.1, 0.15) is 11.9 Å². The van der Waals surface area contributed by atoms with E-state index in [-0.39, 0.29) is 36.2 Å². The van der Waals surface area contributed by atoms with Crippen molar-refractivity contribution in [3.63, 3.8) is 0 Å². The molecule has 0 atom stereocenters. The zero-order valence-electron chi connectivity index (χ0n) is 11.9. The number of anilines is 1. The number of urea groups is 1. The third-order valence-electron chi connectivity index (χ3n) is 2.44. The molecule has 0 heterocycles. The van der Waals surface area contributed by atoms with E-state index in [0.717, 1.165) is 12.1 Å². The van der Waals surface area contributed by atoms with Crippen molar-refractivity contribution in [2.45, 2.75) is 26.3 Å². The summed E-state index contributed by atoms with van der Waals surface area (Å²) in [5.74, 6) is -0.715. The highest BCUT2D eigenvalue weighted by atomic mass is 19.1. The van der Waals surface area contributed by atoms with Gasteiger partial charge >= 0.3 is 6.03 Å². The van der Waals surface area contributed by atoms with E-state index in [2.05, 4.69) is 16.0 Å². The van der Waals surface area contributed by atoms with Crippen molar-refractivity contribution in [3.8, 4) is 6.07 Å². The Morgan fingerprint density at radius 3 is 2.71 bits per heavy atom. The largest absolute Gasteiger partial charge is 0.354 e. The second kappa shape index (κ2) is 7.85. The molecule has 21 heavy (non-hydrogen) atoms. The zero-order valence-corrected chi connectivity index (χ0v) is 11.9. The molecule has 0 aliphatic carbocycles. The number of carbonyl (C=O) groups excluding carboxylic acids is 2. The van der Waals surface area contributed by atoms with E-state index in [1.165, 1.54) is 6.07 Å². The van der Waals surface area contributed by atoms with Gasteiger partial charge in [-0.25, -0.2) is 9.18 Å². The minimum Gasteiger partial charge on any atom is -0.354 e. The van der Waals surface area contributed by atoms with E-state index in [0.29, 0.717) is 0 Å². The second-order valence-corrected chi connectivity index (χ2v) is 4.65. The molecule has 0 aromatic heterocycles. The molecule has 6 nitrogen and oxygen atoms in total. The van der Waals surface area contributed by atoms with Crippen molar-refractivity contribution in [2.75, 3.05) is 11.9 Å². The van der Waals surface area contributed by atoms with Gasteiger partial charge in [-0.15, -0.1) is 0 Å². The highest BCUT2D eigenvalue weighted by Crippen LogP contribution is 2.15. The number of halogens is 1. The van der Waals surface area contributed by atoms with Crippen LogP contribution in [0.2, 0.25) is 0 Å². The van der Waals surface area contributed by atoms with E-state index < -0.39 is 11.8 Å². The first-order valence-corrected chi connectivity index (χ1v) is 6.46. The lowest BCUT2D eigenvalue weighted by molar-refractivity contribution is -0.121. The number of hydrogen-bond donors (Lipinski definition) is 3. The number of nitriles is 1. The lowest BCUT2D eigenvalue weighted by Crippen LogP contribution is -2.35. The van der Waals surface area contributed by atoms with Gasteiger partial charge in [0.15, 0.2) is 0 Å². The molecule has 0 unspecified atom stereocenters. The van der Waals surface area contributed by atoms with Gasteiger partial charge < -0.3 is 16.0 Å². The molecule has 112 valence electrons. The minimum atomic E-state index is -0.560. The first kappa shape index (κ1) is 16.4. The summed E-state index contributed by atoms with van der Waals surface area (Å²) < 4.78 is 12.9. The van der Waals surface area contributed by atoms with Crippen LogP contribution in [0.4, 0.5) is 14.9 Å². The monoisotopic (exact) mass is 292 g/mol. The van der Waals surface area contributed by atoms with Crippen LogP contribution < -0.4 is 16.0 Å². The number of carbonyl (C=O) groups is 2. The Kier molecular flexibility index (Phi) is 6.14. The van der Waals surface area contributed by atoms with E-state index >= 15 is 0 Å². The molecule has 0 saturated heterocycles. The number of rotatable bonds is 5. The average Bonchev–Trinajstić information content (AvgIpc) is 2.39. The molecule has 3 amide bonds. The third-order valence-corrected chi connectivity index (χ3v) is 2.44. The van der Waals surface area contributed by atoms with Crippen molar-refractivity contribution in [1.29, 1.82) is 5.26 Å². The summed E-state index contributed by atoms with van der Waals surface area (Å²) in [6, 6.07) is 4.76. The summed E-state index contributed by atoms with van der Waals surface area (Å²) in [6.07, 6.45) is 0.153. The van der Waals surface area contributed by atoms with Gasteiger partial charge in [-0.1, -0.05) is 0 Å². The highest BCUT2D eigenvalue weighted by Gasteiger charge is 2.08. The molecule has 1 aromatic carbocycles. The normalized spacial score (nSPS) is 9.86. The summed E-state index contributed by atoms with van der Waals surface area (Å²) in [4.78, 5) is 23.0. The van der Waals surface area contributed by atoms with Crippen molar-refractivity contribution in [1.82, 2.24) is 10.6 Å². The minimum absolute atomic E-state index is 0.0303. The molecule has 0 fully saturated rings. The Bertz CT molecular complexity index is 567. The SMILES string of the molecule is CC(C)NC(=O)CCNC(=O)Nc1ccc(F)cc1C#N. The molecule has 3 N–H and O–H groups in total. The Hall–Kier alpha value is -2.62. The summed E-state index contributed by atoms with van der Waals surface area (Å²) in [7, 11) is 0.